The monoisotopic (exact) mass is 347 g/mol. The maximum Gasteiger partial charge on any atom is 0.264 e. The van der Waals surface area contributed by atoms with Crippen LogP contribution in [0.25, 0.3) is 0 Å². The van der Waals surface area contributed by atoms with Gasteiger partial charge in [0.15, 0.2) is 0 Å². The lowest BCUT2D eigenvalue weighted by atomic mass is 10.2. The van der Waals surface area contributed by atoms with Gasteiger partial charge < -0.3 is 0 Å². The summed E-state index contributed by atoms with van der Waals surface area (Å²) in [5.74, 6) is 0. The molecule has 0 aliphatic carbocycles. The van der Waals surface area contributed by atoms with E-state index in [1.165, 1.54) is 12.1 Å². The van der Waals surface area contributed by atoms with Crippen molar-refractivity contribution < 1.29 is 8.78 Å². The molecule has 0 saturated heterocycles. The molecular formula is C7H5BrF2IN. The molecule has 0 spiro atoms. The molecule has 5 heteroatoms. The van der Waals surface area contributed by atoms with Gasteiger partial charge in [-0.1, -0.05) is 15.9 Å². The van der Waals surface area contributed by atoms with E-state index in [2.05, 4.69) is 20.9 Å². The van der Waals surface area contributed by atoms with Gasteiger partial charge in [0.25, 0.3) is 6.43 Å². The molecule has 0 bridgehead atoms. The second kappa shape index (κ2) is 4.45. The van der Waals surface area contributed by atoms with E-state index in [1.807, 2.05) is 22.6 Å². The van der Waals surface area contributed by atoms with E-state index < -0.39 is 6.43 Å². The van der Waals surface area contributed by atoms with Crippen molar-refractivity contribution in [3.8, 4) is 0 Å². The Labute approximate surface area is 90.8 Å². The van der Waals surface area contributed by atoms with Gasteiger partial charge in [-0.25, -0.2) is 13.8 Å². The molecular weight excluding hydrogens is 343 g/mol. The van der Waals surface area contributed by atoms with Crippen LogP contribution in [0, 0.1) is 3.70 Å². The van der Waals surface area contributed by atoms with Crippen LogP contribution in [0.3, 0.4) is 0 Å². The Kier molecular flexibility index (Phi) is 3.82. The number of hydrogen-bond donors (Lipinski definition) is 0. The van der Waals surface area contributed by atoms with Crippen LogP contribution in [0.5, 0.6) is 0 Å². The predicted octanol–water partition coefficient (Wildman–Crippen LogP) is 3.52. The number of nitrogens with zero attached hydrogens (tertiary/aromatic N) is 1. The Bertz CT molecular complexity index is 280. The molecule has 1 aromatic rings. The number of hydrogen-bond acceptors (Lipinski definition) is 1. The molecule has 1 nitrogen and oxygen atoms in total. The smallest absolute Gasteiger partial charge is 0.246 e. The van der Waals surface area contributed by atoms with Crippen LogP contribution in [-0.4, -0.2) is 4.98 Å². The van der Waals surface area contributed by atoms with Crippen molar-refractivity contribution >= 4 is 38.5 Å². The van der Waals surface area contributed by atoms with Gasteiger partial charge in [0, 0.05) is 10.9 Å². The Morgan fingerprint density at radius 1 is 1.50 bits per heavy atom. The fourth-order valence-electron chi connectivity index (χ4n) is 0.768. The predicted molar refractivity (Wildman–Crippen MR) is 54.5 cm³/mol. The molecule has 0 radical (unpaired) electrons. The fraction of sp³-hybridized carbons (Fsp3) is 0.286. The number of halogens is 4. The van der Waals surface area contributed by atoms with E-state index in [9.17, 15) is 8.78 Å². The van der Waals surface area contributed by atoms with Crippen LogP contribution in [0.15, 0.2) is 12.1 Å². The Hall–Kier alpha value is 0.220. The van der Waals surface area contributed by atoms with Gasteiger partial charge in [-0.3, -0.25) is 0 Å². The number of pyridine rings is 1. The minimum atomic E-state index is -2.42. The molecule has 1 heterocycles. The zero-order valence-corrected chi connectivity index (χ0v) is 9.64. The van der Waals surface area contributed by atoms with Crippen LogP contribution in [0.4, 0.5) is 8.78 Å². The zero-order valence-electron chi connectivity index (χ0n) is 5.90. The average molecular weight is 348 g/mol. The first kappa shape index (κ1) is 10.3. The van der Waals surface area contributed by atoms with E-state index in [4.69, 9.17) is 0 Å². The molecule has 1 rings (SSSR count). The third-order valence-electron chi connectivity index (χ3n) is 1.26. The van der Waals surface area contributed by atoms with Gasteiger partial charge in [-0.2, -0.15) is 0 Å². The summed E-state index contributed by atoms with van der Waals surface area (Å²) >= 11 is 5.09. The number of alkyl halides is 3. The van der Waals surface area contributed by atoms with Gasteiger partial charge in [0.2, 0.25) is 0 Å². The summed E-state index contributed by atoms with van der Waals surface area (Å²) in [6, 6.07) is 2.79. The molecule has 0 aliphatic heterocycles. The van der Waals surface area contributed by atoms with E-state index in [1.54, 1.807) is 0 Å². The molecule has 0 amide bonds. The lowest BCUT2D eigenvalue weighted by molar-refractivity contribution is 0.151. The highest BCUT2D eigenvalue weighted by Crippen LogP contribution is 2.21. The first-order valence-corrected chi connectivity index (χ1v) is 5.34. The Morgan fingerprint density at radius 3 is 2.67 bits per heavy atom. The third kappa shape index (κ3) is 2.62. The van der Waals surface area contributed by atoms with Crippen LogP contribution < -0.4 is 0 Å². The highest BCUT2D eigenvalue weighted by atomic mass is 127. The quantitative estimate of drug-likeness (QED) is 0.453. The van der Waals surface area contributed by atoms with Gasteiger partial charge >= 0.3 is 0 Å². The van der Waals surface area contributed by atoms with Crippen molar-refractivity contribution in [2.45, 2.75) is 11.8 Å². The molecule has 1 aromatic heterocycles. The third-order valence-corrected chi connectivity index (χ3v) is 2.39. The summed E-state index contributed by atoms with van der Waals surface area (Å²) in [6.07, 6.45) is -2.42. The zero-order chi connectivity index (χ0) is 9.14. The lowest BCUT2D eigenvalue weighted by Gasteiger charge is -2.02. The van der Waals surface area contributed by atoms with Gasteiger partial charge in [-0.15, -0.1) is 0 Å². The van der Waals surface area contributed by atoms with Gasteiger partial charge in [-0.05, 0) is 34.7 Å². The minimum Gasteiger partial charge on any atom is -0.246 e. The molecule has 0 fully saturated rings. The van der Waals surface area contributed by atoms with E-state index in [-0.39, 0.29) is 5.56 Å². The molecule has 0 aromatic carbocycles. The molecule has 0 aliphatic rings. The van der Waals surface area contributed by atoms with E-state index >= 15 is 0 Å². The first-order chi connectivity index (χ1) is 5.63. The molecule has 0 unspecified atom stereocenters. The standard InChI is InChI=1S/C7H5BrF2IN/c8-3-5-1-4(7(9)10)2-6(11)12-5/h1-2,7H,3H2. The lowest BCUT2D eigenvalue weighted by Crippen LogP contribution is -1.93. The highest BCUT2D eigenvalue weighted by molar-refractivity contribution is 14.1. The SMILES string of the molecule is FC(F)c1cc(I)nc(CBr)c1. The summed E-state index contributed by atoms with van der Waals surface area (Å²) in [7, 11) is 0. The summed E-state index contributed by atoms with van der Waals surface area (Å²) in [5, 5.41) is 0.504. The normalized spacial score (nSPS) is 10.8. The molecule has 0 saturated carbocycles. The Balaban J connectivity index is 3.06. The summed E-state index contributed by atoms with van der Waals surface area (Å²) in [5.41, 5.74) is 0.668. The van der Waals surface area contributed by atoms with Gasteiger partial charge in [0.05, 0.1) is 5.69 Å². The van der Waals surface area contributed by atoms with Crippen LogP contribution in [0.2, 0.25) is 0 Å². The maximum absolute atomic E-state index is 12.2. The number of aromatic nitrogens is 1. The maximum atomic E-state index is 12.2. The largest absolute Gasteiger partial charge is 0.264 e. The minimum absolute atomic E-state index is 0.0313. The topological polar surface area (TPSA) is 12.9 Å². The summed E-state index contributed by atoms with van der Waals surface area (Å²) in [4.78, 5) is 4.04. The van der Waals surface area contributed by atoms with Crippen LogP contribution in [0.1, 0.15) is 17.7 Å². The summed E-state index contributed by atoms with van der Waals surface area (Å²) < 4.78 is 25.0. The first-order valence-electron chi connectivity index (χ1n) is 3.14. The molecule has 66 valence electrons. The van der Waals surface area contributed by atoms with Crippen molar-refractivity contribution in [2.24, 2.45) is 0 Å². The highest BCUT2D eigenvalue weighted by Gasteiger charge is 2.09. The number of rotatable bonds is 2. The van der Waals surface area contributed by atoms with Crippen LogP contribution in [-0.2, 0) is 5.33 Å². The van der Waals surface area contributed by atoms with E-state index in [0.717, 1.165) is 0 Å². The van der Waals surface area contributed by atoms with Crippen molar-refractivity contribution in [1.82, 2.24) is 4.98 Å². The van der Waals surface area contributed by atoms with Crippen LogP contribution >= 0.6 is 38.5 Å². The fourth-order valence-corrected chi connectivity index (χ4v) is 1.72. The van der Waals surface area contributed by atoms with E-state index in [0.29, 0.717) is 14.7 Å². The molecule has 0 atom stereocenters. The second-order valence-corrected chi connectivity index (χ2v) is 3.81. The summed E-state index contributed by atoms with van der Waals surface area (Å²) in [6.45, 7) is 0. The van der Waals surface area contributed by atoms with Crippen molar-refractivity contribution in [3.63, 3.8) is 0 Å². The van der Waals surface area contributed by atoms with Gasteiger partial charge in [0.1, 0.15) is 3.70 Å². The van der Waals surface area contributed by atoms with Crippen molar-refractivity contribution in [3.05, 3.63) is 27.1 Å². The van der Waals surface area contributed by atoms with Crippen molar-refractivity contribution in [2.75, 3.05) is 0 Å². The average Bonchev–Trinajstić information content (AvgIpc) is 2.03. The molecule has 0 N–H and O–H groups in total. The second-order valence-electron chi connectivity index (χ2n) is 2.15. The van der Waals surface area contributed by atoms with Crippen molar-refractivity contribution in [1.29, 1.82) is 0 Å². The molecule has 12 heavy (non-hydrogen) atoms. The Morgan fingerprint density at radius 2 is 2.17 bits per heavy atom.